The highest BCUT2D eigenvalue weighted by atomic mass is 16.6. The molecule has 1 N–H and O–H groups in total. The zero-order valence-corrected chi connectivity index (χ0v) is 9.23. The quantitative estimate of drug-likeness (QED) is 0.478. The molecule has 5 nitrogen and oxygen atoms in total. The van der Waals surface area contributed by atoms with Gasteiger partial charge in [-0.1, -0.05) is 12.8 Å². The van der Waals surface area contributed by atoms with E-state index in [1.54, 1.807) is 13.0 Å². The predicted octanol–water partition coefficient (Wildman–Crippen LogP) is 2.12. The van der Waals surface area contributed by atoms with E-state index in [2.05, 4.69) is 16.2 Å². The first-order valence-electron chi connectivity index (χ1n) is 4.93. The lowest BCUT2D eigenvalue weighted by Gasteiger charge is -2.11. The Morgan fingerprint density at radius 2 is 2.38 bits per heavy atom. The highest BCUT2D eigenvalue weighted by Gasteiger charge is 2.12. The number of pyridine rings is 1. The number of hydrogen-bond acceptors (Lipinski definition) is 4. The van der Waals surface area contributed by atoms with Crippen LogP contribution >= 0.6 is 0 Å². The van der Waals surface area contributed by atoms with Gasteiger partial charge in [-0.3, -0.25) is 10.1 Å². The summed E-state index contributed by atoms with van der Waals surface area (Å²) < 4.78 is 0. The first-order chi connectivity index (χ1) is 7.58. The molecular weight excluding hydrogens is 206 g/mol. The van der Waals surface area contributed by atoms with E-state index in [0.717, 1.165) is 6.42 Å². The van der Waals surface area contributed by atoms with E-state index in [0.29, 0.717) is 11.5 Å². The van der Waals surface area contributed by atoms with Crippen molar-refractivity contribution in [3.63, 3.8) is 0 Å². The molecule has 1 aromatic heterocycles. The largest absolute Gasteiger partial charge is 0.356 e. The second kappa shape index (κ2) is 5.12. The molecule has 1 aromatic rings. The molecule has 0 saturated heterocycles. The number of terminal acetylenes is 1. The minimum atomic E-state index is -0.454. The predicted molar refractivity (Wildman–Crippen MR) is 62.2 cm³/mol. The van der Waals surface area contributed by atoms with E-state index in [1.807, 2.05) is 6.92 Å². The number of nitro groups is 1. The smallest absolute Gasteiger partial charge is 0.290 e. The van der Waals surface area contributed by atoms with Gasteiger partial charge in [-0.15, -0.1) is 6.42 Å². The SMILES string of the molecule is C#CC(CC)Nc1ccc([N+](=O)[O-])c(C)n1. The summed E-state index contributed by atoms with van der Waals surface area (Å²) in [5, 5.41) is 13.6. The van der Waals surface area contributed by atoms with Crippen molar-refractivity contribution in [2.24, 2.45) is 0 Å². The lowest BCUT2D eigenvalue weighted by atomic mass is 10.2. The molecule has 0 aliphatic rings. The van der Waals surface area contributed by atoms with Crippen LogP contribution in [0.5, 0.6) is 0 Å². The van der Waals surface area contributed by atoms with Gasteiger partial charge in [0.25, 0.3) is 5.69 Å². The number of rotatable bonds is 4. The first-order valence-corrected chi connectivity index (χ1v) is 4.93. The van der Waals surface area contributed by atoms with Gasteiger partial charge in [-0.25, -0.2) is 4.98 Å². The van der Waals surface area contributed by atoms with E-state index in [9.17, 15) is 10.1 Å². The molecule has 84 valence electrons. The number of nitrogens with one attached hydrogen (secondary N) is 1. The first kappa shape index (κ1) is 12.0. The van der Waals surface area contributed by atoms with Crippen molar-refractivity contribution in [2.45, 2.75) is 26.3 Å². The molecule has 1 unspecified atom stereocenters. The minimum Gasteiger partial charge on any atom is -0.356 e. The Kier molecular flexibility index (Phi) is 3.84. The van der Waals surface area contributed by atoms with Gasteiger partial charge in [0.1, 0.15) is 11.5 Å². The van der Waals surface area contributed by atoms with E-state index < -0.39 is 4.92 Å². The van der Waals surface area contributed by atoms with Crippen LogP contribution in [0.3, 0.4) is 0 Å². The topological polar surface area (TPSA) is 68.1 Å². The molecule has 0 bridgehead atoms. The van der Waals surface area contributed by atoms with Crippen LogP contribution in [0, 0.1) is 29.4 Å². The fourth-order valence-corrected chi connectivity index (χ4v) is 1.27. The molecule has 0 amide bonds. The van der Waals surface area contributed by atoms with Crippen LogP contribution in [-0.2, 0) is 0 Å². The van der Waals surface area contributed by atoms with Crippen molar-refractivity contribution >= 4 is 11.5 Å². The van der Waals surface area contributed by atoms with Crippen LogP contribution in [0.25, 0.3) is 0 Å². The monoisotopic (exact) mass is 219 g/mol. The van der Waals surface area contributed by atoms with Gasteiger partial charge in [0.05, 0.1) is 11.0 Å². The zero-order valence-electron chi connectivity index (χ0n) is 9.23. The van der Waals surface area contributed by atoms with Gasteiger partial charge in [0.15, 0.2) is 0 Å². The Morgan fingerprint density at radius 3 is 2.81 bits per heavy atom. The highest BCUT2D eigenvalue weighted by molar-refractivity contribution is 5.46. The average molecular weight is 219 g/mol. The van der Waals surface area contributed by atoms with E-state index in [-0.39, 0.29) is 11.7 Å². The third-order valence-corrected chi connectivity index (χ3v) is 2.19. The van der Waals surface area contributed by atoms with Crippen molar-refractivity contribution in [1.29, 1.82) is 0 Å². The van der Waals surface area contributed by atoms with Crippen molar-refractivity contribution in [1.82, 2.24) is 4.98 Å². The molecule has 5 heteroatoms. The number of aromatic nitrogens is 1. The Morgan fingerprint density at radius 1 is 1.69 bits per heavy atom. The van der Waals surface area contributed by atoms with E-state index in [1.165, 1.54) is 6.07 Å². The molecule has 0 aliphatic heterocycles. The van der Waals surface area contributed by atoms with Gasteiger partial charge in [0, 0.05) is 6.07 Å². The van der Waals surface area contributed by atoms with Crippen molar-refractivity contribution in [3.8, 4) is 12.3 Å². The standard InChI is InChI=1S/C11H13N3O2/c1-4-9(5-2)13-11-7-6-10(14(15)16)8(3)12-11/h1,6-7,9H,5H2,2-3H3,(H,12,13). The summed E-state index contributed by atoms with van der Waals surface area (Å²) in [6, 6.07) is 2.88. The van der Waals surface area contributed by atoms with Crippen molar-refractivity contribution < 1.29 is 4.92 Å². The molecule has 0 saturated carbocycles. The summed E-state index contributed by atoms with van der Waals surface area (Å²) >= 11 is 0. The third kappa shape index (κ3) is 2.70. The zero-order chi connectivity index (χ0) is 12.1. The molecular formula is C11H13N3O2. The number of nitrogens with zero attached hydrogens (tertiary/aromatic N) is 2. The van der Waals surface area contributed by atoms with Gasteiger partial charge >= 0.3 is 0 Å². The van der Waals surface area contributed by atoms with Crippen molar-refractivity contribution in [2.75, 3.05) is 5.32 Å². The van der Waals surface area contributed by atoms with Crippen LogP contribution in [0.2, 0.25) is 0 Å². The van der Waals surface area contributed by atoms with Gasteiger partial charge in [-0.2, -0.15) is 0 Å². The highest BCUT2D eigenvalue weighted by Crippen LogP contribution is 2.18. The number of anilines is 1. The molecule has 1 heterocycles. The molecule has 0 fully saturated rings. The van der Waals surface area contributed by atoms with Gasteiger partial charge < -0.3 is 5.32 Å². The molecule has 0 aromatic carbocycles. The maximum Gasteiger partial charge on any atom is 0.290 e. The summed E-state index contributed by atoms with van der Waals surface area (Å²) in [7, 11) is 0. The number of aryl methyl sites for hydroxylation is 1. The van der Waals surface area contributed by atoms with Gasteiger partial charge in [-0.05, 0) is 19.4 Å². The molecule has 0 aliphatic carbocycles. The van der Waals surface area contributed by atoms with Crippen LogP contribution in [0.4, 0.5) is 11.5 Å². The normalized spacial score (nSPS) is 11.6. The third-order valence-electron chi connectivity index (χ3n) is 2.19. The lowest BCUT2D eigenvalue weighted by Crippen LogP contribution is -2.16. The van der Waals surface area contributed by atoms with Crippen LogP contribution < -0.4 is 5.32 Å². The Hall–Kier alpha value is -2.09. The second-order valence-corrected chi connectivity index (χ2v) is 3.33. The van der Waals surface area contributed by atoms with Crippen LogP contribution in [0.15, 0.2) is 12.1 Å². The van der Waals surface area contributed by atoms with E-state index >= 15 is 0 Å². The maximum atomic E-state index is 10.6. The summed E-state index contributed by atoms with van der Waals surface area (Å²) in [6.45, 7) is 3.55. The Bertz CT molecular complexity index is 437. The summed E-state index contributed by atoms with van der Waals surface area (Å²) in [5.41, 5.74) is 0.390. The molecule has 0 radical (unpaired) electrons. The molecule has 0 spiro atoms. The average Bonchev–Trinajstić information content (AvgIpc) is 2.25. The Labute approximate surface area is 94.0 Å². The molecule has 1 rings (SSSR count). The fraction of sp³-hybridized carbons (Fsp3) is 0.364. The van der Waals surface area contributed by atoms with Crippen LogP contribution in [0.1, 0.15) is 19.0 Å². The lowest BCUT2D eigenvalue weighted by molar-refractivity contribution is -0.385. The van der Waals surface area contributed by atoms with E-state index in [4.69, 9.17) is 6.42 Å². The van der Waals surface area contributed by atoms with Gasteiger partial charge in [0.2, 0.25) is 0 Å². The molecule has 16 heavy (non-hydrogen) atoms. The molecule has 1 atom stereocenters. The fourth-order valence-electron chi connectivity index (χ4n) is 1.27. The van der Waals surface area contributed by atoms with Crippen molar-refractivity contribution in [3.05, 3.63) is 27.9 Å². The summed E-state index contributed by atoms with van der Waals surface area (Å²) in [5.74, 6) is 3.13. The minimum absolute atomic E-state index is 0.0132. The van der Waals surface area contributed by atoms with Crippen LogP contribution in [-0.4, -0.2) is 15.9 Å². The Balaban J connectivity index is 2.90. The maximum absolute atomic E-state index is 10.6. The summed E-state index contributed by atoms with van der Waals surface area (Å²) in [6.07, 6.45) is 6.07. The second-order valence-electron chi connectivity index (χ2n) is 3.33. The number of hydrogen-bond donors (Lipinski definition) is 1. The summed E-state index contributed by atoms with van der Waals surface area (Å²) in [4.78, 5) is 14.2.